The van der Waals surface area contributed by atoms with Crippen molar-refractivity contribution in [3.63, 3.8) is 0 Å². The summed E-state index contributed by atoms with van der Waals surface area (Å²) in [7, 11) is 3.75. The number of nitrogens with one attached hydrogen (secondary N) is 2. The standard InChI is InChI=1S/C30H45N5O4/c1-6-14-34-20-23(17-26-25-13-10-9-12-24(25)22(19-31-4)18-27(26)34)29(37)35(30(38)32-7-2)16-11-15-33(5)21-28(36)39-8-3/h6,9-10,12-13,19,23,26-27,31H,1,7-8,11,14-18,20-21H2,2-5H3,(H,32,38)/b22-19-. The molecule has 39 heavy (non-hydrogen) atoms. The summed E-state index contributed by atoms with van der Waals surface area (Å²) in [5.41, 5.74) is 3.75. The highest BCUT2D eigenvalue weighted by molar-refractivity contribution is 5.95. The molecule has 3 atom stereocenters. The highest BCUT2D eigenvalue weighted by Gasteiger charge is 2.44. The molecule has 0 bridgehead atoms. The molecule has 9 heteroatoms. The summed E-state index contributed by atoms with van der Waals surface area (Å²) >= 11 is 0. The van der Waals surface area contributed by atoms with Gasteiger partial charge in [0, 0.05) is 57.9 Å². The molecule has 1 aliphatic carbocycles. The third-order valence-corrected chi connectivity index (χ3v) is 7.56. The molecule has 214 valence electrons. The molecular weight excluding hydrogens is 494 g/mol. The molecule has 1 aromatic carbocycles. The summed E-state index contributed by atoms with van der Waals surface area (Å²) in [5, 5.41) is 6.01. The molecular formula is C30H45N5O4. The van der Waals surface area contributed by atoms with Crippen molar-refractivity contribution in [3.05, 3.63) is 54.2 Å². The molecule has 3 rings (SSSR count). The lowest BCUT2D eigenvalue weighted by Gasteiger charge is -2.48. The number of fused-ring (bicyclic) bond motifs is 3. The van der Waals surface area contributed by atoms with Crippen LogP contribution < -0.4 is 10.6 Å². The van der Waals surface area contributed by atoms with Crippen molar-refractivity contribution >= 4 is 23.5 Å². The molecule has 1 aromatic rings. The number of likely N-dealkylation sites (tertiary alicyclic amines) is 1. The second kappa shape index (κ2) is 14.8. The second-order valence-corrected chi connectivity index (χ2v) is 10.3. The largest absolute Gasteiger partial charge is 0.465 e. The summed E-state index contributed by atoms with van der Waals surface area (Å²) in [6.45, 7) is 10.7. The van der Waals surface area contributed by atoms with E-state index in [2.05, 4.69) is 52.6 Å². The Morgan fingerprint density at radius 2 is 1.97 bits per heavy atom. The van der Waals surface area contributed by atoms with Crippen LogP contribution in [0.4, 0.5) is 4.79 Å². The van der Waals surface area contributed by atoms with Crippen LogP contribution in [-0.2, 0) is 14.3 Å². The number of hydrogen-bond acceptors (Lipinski definition) is 7. The van der Waals surface area contributed by atoms with E-state index in [1.165, 1.54) is 21.6 Å². The van der Waals surface area contributed by atoms with Gasteiger partial charge in [-0.2, -0.15) is 0 Å². The van der Waals surface area contributed by atoms with Gasteiger partial charge in [0.15, 0.2) is 0 Å². The third-order valence-electron chi connectivity index (χ3n) is 7.56. The predicted molar refractivity (Wildman–Crippen MR) is 154 cm³/mol. The molecule has 3 unspecified atom stereocenters. The van der Waals surface area contributed by atoms with Crippen molar-refractivity contribution in [2.75, 3.05) is 60.0 Å². The van der Waals surface area contributed by atoms with E-state index < -0.39 is 0 Å². The molecule has 1 fully saturated rings. The van der Waals surface area contributed by atoms with Crippen molar-refractivity contribution in [1.29, 1.82) is 0 Å². The zero-order valence-electron chi connectivity index (χ0n) is 23.9. The normalized spacial score (nSPS) is 21.6. The quantitative estimate of drug-likeness (QED) is 0.312. The molecule has 2 N–H and O–H groups in total. The van der Waals surface area contributed by atoms with Gasteiger partial charge < -0.3 is 15.4 Å². The average molecular weight is 540 g/mol. The van der Waals surface area contributed by atoms with E-state index >= 15 is 0 Å². The van der Waals surface area contributed by atoms with E-state index in [4.69, 9.17) is 4.74 Å². The molecule has 1 aliphatic heterocycles. The molecule has 1 heterocycles. The predicted octanol–water partition coefficient (Wildman–Crippen LogP) is 3.05. The van der Waals surface area contributed by atoms with Crippen LogP contribution in [0.3, 0.4) is 0 Å². The average Bonchev–Trinajstić information content (AvgIpc) is 2.91. The molecule has 0 saturated carbocycles. The van der Waals surface area contributed by atoms with Crippen LogP contribution >= 0.6 is 0 Å². The Balaban J connectivity index is 1.79. The maximum Gasteiger partial charge on any atom is 0.324 e. The van der Waals surface area contributed by atoms with Crippen molar-refractivity contribution in [3.8, 4) is 0 Å². The Bertz CT molecular complexity index is 1040. The number of likely N-dealkylation sites (N-methyl/N-ethyl adjacent to an activating group) is 1. The molecule has 2 aliphatic rings. The highest BCUT2D eigenvalue weighted by atomic mass is 16.5. The van der Waals surface area contributed by atoms with E-state index in [0.717, 1.165) is 6.42 Å². The van der Waals surface area contributed by atoms with Gasteiger partial charge in [-0.15, -0.1) is 6.58 Å². The number of imide groups is 1. The maximum atomic E-state index is 14.0. The number of urea groups is 1. The number of amides is 3. The highest BCUT2D eigenvalue weighted by Crippen LogP contribution is 2.46. The lowest BCUT2D eigenvalue weighted by Crippen LogP contribution is -2.55. The fraction of sp³-hybridized carbons (Fsp3) is 0.567. The van der Waals surface area contributed by atoms with E-state index in [1.54, 1.807) is 6.92 Å². The van der Waals surface area contributed by atoms with Gasteiger partial charge in [-0.25, -0.2) is 4.79 Å². The Morgan fingerprint density at radius 1 is 1.21 bits per heavy atom. The van der Waals surface area contributed by atoms with E-state index in [-0.39, 0.29) is 48.9 Å². The zero-order chi connectivity index (χ0) is 28.4. The van der Waals surface area contributed by atoms with Gasteiger partial charge in [-0.05, 0) is 56.9 Å². The van der Waals surface area contributed by atoms with E-state index in [1.807, 2.05) is 32.0 Å². The number of hydrogen-bond donors (Lipinski definition) is 2. The Labute approximate surface area is 233 Å². The van der Waals surface area contributed by atoms with Gasteiger partial charge in [-0.3, -0.25) is 24.3 Å². The van der Waals surface area contributed by atoms with Crippen LogP contribution in [0.15, 0.2) is 43.1 Å². The van der Waals surface area contributed by atoms with Crippen LogP contribution in [0, 0.1) is 5.92 Å². The Kier molecular flexibility index (Phi) is 11.6. The Morgan fingerprint density at radius 3 is 2.67 bits per heavy atom. The van der Waals surface area contributed by atoms with Crippen LogP contribution in [0.25, 0.3) is 5.57 Å². The van der Waals surface area contributed by atoms with Crippen LogP contribution in [-0.4, -0.2) is 98.6 Å². The first-order chi connectivity index (χ1) is 18.8. The number of ether oxygens (including phenoxy) is 1. The molecule has 3 amide bonds. The smallest absolute Gasteiger partial charge is 0.324 e. The first-order valence-electron chi connectivity index (χ1n) is 14.1. The lowest BCUT2D eigenvalue weighted by molar-refractivity contribution is -0.144. The molecule has 0 radical (unpaired) electrons. The van der Waals surface area contributed by atoms with Crippen molar-refractivity contribution in [1.82, 2.24) is 25.3 Å². The minimum atomic E-state index is -0.365. The summed E-state index contributed by atoms with van der Waals surface area (Å²) in [4.78, 5) is 44.4. The minimum absolute atomic E-state index is 0.143. The van der Waals surface area contributed by atoms with E-state index in [9.17, 15) is 14.4 Å². The SMILES string of the molecule is C=CCN1CC(C(=O)N(CCCN(C)CC(=O)OCC)C(=O)NCC)CC2c3ccccc3/C(=C\NC)CC21. The Hall–Kier alpha value is -3.17. The number of nitrogens with zero attached hydrogens (tertiary/aromatic N) is 3. The van der Waals surface area contributed by atoms with Gasteiger partial charge in [0.25, 0.3) is 0 Å². The van der Waals surface area contributed by atoms with Gasteiger partial charge >= 0.3 is 12.0 Å². The fourth-order valence-electron chi connectivity index (χ4n) is 5.91. The van der Waals surface area contributed by atoms with Crippen molar-refractivity contribution in [2.24, 2.45) is 5.92 Å². The molecule has 0 aromatic heterocycles. The summed E-state index contributed by atoms with van der Waals surface area (Å²) < 4.78 is 5.02. The van der Waals surface area contributed by atoms with Crippen LogP contribution in [0.2, 0.25) is 0 Å². The van der Waals surface area contributed by atoms with Gasteiger partial charge in [-0.1, -0.05) is 30.3 Å². The third kappa shape index (κ3) is 7.70. The number of rotatable bonds is 12. The molecule has 1 saturated heterocycles. The number of esters is 1. The minimum Gasteiger partial charge on any atom is -0.465 e. The molecule has 0 spiro atoms. The summed E-state index contributed by atoms with van der Waals surface area (Å²) in [5.74, 6) is -0.551. The number of benzene rings is 1. The lowest BCUT2D eigenvalue weighted by atomic mass is 9.70. The van der Waals surface area contributed by atoms with Crippen molar-refractivity contribution < 1.29 is 19.1 Å². The first-order valence-corrected chi connectivity index (χ1v) is 14.1. The summed E-state index contributed by atoms with van der Waals surface area (Å²) in [6, 6.07) is 8.36. The van der Waals surface area contributed by atoms with E-state index in [0.29, 0.717) is 45.6 Å². The van der Waals surface area contributed by atoms with Crippen LogP contribution in [0.1, 0.15) is 50.2 Å². The van der Waals surface area contributed by atoms with Gasteiger partial charge in [0.1, 0.15) is 0 Å². The topological polar surface area (TPSA) is 94.2 Å². The fourth-order valence-corrected chi connectivity index (χ4v) is 5.91. The number of carbonyl (C=O) groups is 3. The monoisotopic (exact) mass is 539 g/mol. The zero-order valence-corrected chi connectivity index (χ0v) is 23.9. The molecule has 9 nitrogen and oxygen atoms in total. The van der Waals surface area contributed by atoms with Gasteiger partial charge in [0.2, 0.25) is 5.91 Å². The van der Waals surface area contributed by atoms with Gasteiger partial charge in [0.05, 0.1) is 19.1 Å². The summed E-state index contributed by atoms with van der Waals surface area (Å²) in [6.07, 6.45) is 6.12. The van der Waals surface area contributed by atoms with Crippen LogP contribution in [0.5, 0.6) is 0 Å². The second-order valence-electron chi connectivity index (χ2n) is 10.3. The number of carbonyl (C=O) groups excluding carboxylic acids is 3. The first kappa shape index (κ1) is 30.4. The maximum absolute atomic E-state index is 14.0. The van der Waals surface area contributed by atoms with Crippen molar-refractivity contribution in [2.45, 2.75) is 45.1 Å². The number of piperidine rings is 1.